The second kappa shape index (κ2) is 10.5. The third-order valence-electron chi connectivity index (χ3n) is 9.70. The monoisotopic (exact) mass is 611 g/mol. The maximum absolute atomic E-state index is 5.14. The van der Waals surface area contributed by atoms with Gasteiger partial charge in [-0.15, -0.1) is 0 Å². The van der Waals surface area contributed by atoms with Gasteiger partial charge in [0.1, 0.15) is 5.82 Å². The highest BCUT2D eigenvalue weighted by molar-refractivity contribution is 6.12. The average Bonchev–Trinajstić information content (AvgIpc) is 3.67. The normalized spacial score (nSPS) is 11.8. The maximum Gasteiger partial charge on any atom is 0.138 e. The predicted octanol–water partition coefficient (Wildman–Crippen LogP) is 11.8. The molecule has 224 valence electrons. The molecule has 0 radical (unpaired) electrons. The van der Waals surface area contributed by atoms with Crippen molar-refractivity contribution in [3.63, 3.8) is 0 Å². The molecule has 0 saturated heterocycles. The highest BCUT2D eigenvalue weighted by atomic mass is 15.1. The van der Waals surface area contributed by atoms with Crippen molar-refractivity contribution >= 4 is 54.4 Å². The van der Waals surface area contributed by atoms with Crippen molar-refractivity contribution in [1.82, 2.24) is 14.1 Å². The summed E-state index contributed by atoms with van der Waals surface area (Å²) in [5.74, 6) is 0.914. The molecule has 0 atom stereocenters. The van der Waals surface area contributed by atoms with E-state index >= 15 is 0 Å². The number of benzene rings is 7. The first kappa shape index (κ1) is 26.7. The van der Waals surface area contributed by atoms with Crippen molar-refractivity contribution in [3.05, 3.63) is 176 Å². The zero-order valence-electron chi connectivity index (χ0n) is 26.1. The van der Waals surface area contributed by atoms with E-state index in [0.717, 1.165) is 28.1 Å². The van der Waals surface area contributed by atoms with Crippen molar-refractivity contribution in [2.24, 2.45) is 0 Å². The van der Waals surface area contributed by atoms with Crippen LogP contribution < -0.4 is 0 Å². The van der Waals surface area contributed by atoms with Crippen LogP contribution in [0.15, 0.2) is 176 Å². The van der Waals surface area contributed by atoms with Crippen molar-refractivity contribution in [1.29, 1.82) is 0 Å². The largest absolute Gasteiger partial charge is 0.309 e. The predicted molar refractivity (Wildman–Crippen MR) is 201 cm³/mol. The van der Waals surface area contributed by atoms with Crippen LogP contribution in [0.3, 0.4) is 0 Å². The molecular weight excluding hydrogens is 583 g/mol. The van der Waals surface area contributed by atoms with Crippen LogP contribution in [0.5, 0.6) is 0 Å². The van der Waals surface area contributed by atoms with Gasteiger partial charge in [-0.25, -0.2) is 4.98 Å². The van der Waals surface area contributed by atoms with E-state index in [1.807, 2.05) is 6.07 Å². The lowest BCUT2D eigenvalue weighted by atomic mass is 10.0. The maximum atomic E-state index is 5.14. The summed E-state index contributed by atoms with van der Waals surface area (Å²) in [6.07, 6.45) is 0. The molecule has 0 bridgehead atoms. The Morgan fingerprint density at radius 2 is 0.979 bits per heavy atom. The van der Waals surface area contributed by atoms with Crippen LogP contribution in [0, 0.1) is 0 Å². The summed E-state index contributed by atoms with van der Waals surface area (Å²) in [6, 6.07) is 63.2. The summed E-state index contributed by atoms with van der Waals surface area (Å²) < 4.78 is 4.71. The Morgan fingerprint density at radius 1 is 0.333 bits per heavy atom. The Hall–Kier alpha value is -6.45. The molecule has 0 saturated carbocycles. The van der Waals surface area contributed by atoms with E-state index in [9.17, 15) is 0 Å². The van der Waals surface area contributed by atoms with E-state index in [1.54, 1.807) is 0 Å². The quantitative estimate of drug-likeness (QED) is 0.194. The Labute approximate surface area is 277 Å². The first-order valence-electron chi connectivity index (χ1n) is 16.4. The highest BCUT2D eigenvalue weighted by Crippen LogP contribution is 2.38. The summed E-state index contributed by atoms with van der Waals surface area (Å²) in [5, 5.41) is 7.43. The van der Waals surface area contributed by atoms with Gasteiger partial charge in [0.25, 0.3) is 0 Å². The van der Waals surface area contributed by atoms with Crippen molar-refractivity contribution in [2.75, 3.05) is 0 Å². The molecule has 0 amide bonds. The van der Waals surface area contributed by atoms with Crippen LogP contribution in [0.4, 0.5) is 0 Å². The zero-order valence-corrected chi connectivity index (χ0v) is 26.1. The number of hydrogen-bond donors (Lipinski definition) is 0. The van der Waals surface area contributed by atoms with Gasteiger partial charge in [0, 0.05) is 32.8 Å². The number of para-hydroxylation sites is 2. The number of aromatic nitrogens is 3. The molecular formula is C45H29N3. The van der Waals surface area contributed by atoms with Crippen LogP contribution >= 0.6 is 0 Å². The summed E-state index contributed by atoms with van der Waals surface area (Å²) >= 11 is 0. The van der Waals surface area contributed by atoms with Crippen LogP contribution in [0.2, 0.25) is 0 Å². The average molecular weight is 612 g/mol. The standard InChI is InChI=1S/C45H29N3/c1-2-12-31(13-3-1)40-17-10-20-45(46-40)48-42-19-9-7-16-37(42)39-28-33(23-26-43(39)48)34-22-25-38-36-15-6-8-18-41(36)47(44(38)29-34)35-24-21-30-11-4-5-14-32(30)27-35/h1-29H. The van der Waals surface area contributed by atoms with Gasteiger partial charge in [0.15, 0.2) is 0 Å². The van der Waals surface area contributed by atoms with E-state index in [-0.39, 0.29) is 0 Å². The van der Waals surface area contributed by atoms with Gasteiger partial charge < -0.3 is 4.57 Å². The highest BCUT2D eigenvalue weighted by Gasteiger charge is 2.17. The number of rotatable bonds is 4. The molecule has 3 aromatic heterocycles. The Bertz CT molecular complexity index is 2840. The van der Waals surface area contributed by atoms with E-state index in [1.165, 1.54) is 60.2 Å². The lowest BCUT2D eigenvalue weighted by Gasteiger charge is -2.11. The molecule has 7 aromatic carbocycles. The molecule has 0 aliphatic carbocycles. The van der Waals surface area contributed by atoms with Gasteiger partial charge in [-0.05, 0) is 76.5 Å². The third kappa shape index (κ3) is 4.11. The van der Waals surface area contributed by atoms with E-state index < -0.39 is 0 Å². The lowest BCUT2D eigenvalue weighted by molar-refractivity contribution is 1.08. The fourth-order valence-corrected chi connectivity index (χ4v) is 7.46. The molecule has 3 nitrogen and oxygen atoms in total. The molecule has 10 aromatic rings. The second-order valence-electron chi connectivity index (χ2n) is 12.4. The van der Waals surface area contributed by atoms with Crippen LogP contribution in [-0.4, -0.2) is 14.1 Å². The van der Waals surface area contributed by atoms with Gasteiger partial charge in [0.2, 0.25) is 0 Å². The summed E-state index contributed by atoms with van der Waals surface area (Å²) in [7, 11) is 0. The fourth-order valence-electron chi connectivity index (χ4n) is 7.46. The number of hydrogen-bond acceptors (Lipinski definition) is 1. The van der Waals surface area contributed by atoms with Gasteiger partial charge in [-0.2, -0.15) is 0 Å². The SMILES string of the molecule is c1ccc(-c2cccc(-n3c4ccccc4c4cc(-c5ccc6c7ccccc7n(-c7ccc8ccccc8c7)c6c5)ccc43)n2)cc1. The van der Waals surface area contributed by atoms with Gasteiger partial charge in [0.05, 0.1) is 27.8 Å². The van der Waals surface area contributed by atoms with Crippen LogP contribution in [0.1, 0.15) is 0 Å². The van der Waals surface area contributed by atoms with E-state index in [2.05, 4.69) is 179 Å². The third-order valence-corrected chi connectivity index (χ3v) is 9.70. The van der Waals surface area contributed by atoms with E-state index in [4.69, 9.17) is 4.98 Å². The van der Waals surface area contributed by atoms with Crippen LogP contribution in [0.25, 0.3) is 88.3 Å². The number of pyridine rings is 1. The first-order valence-corrected chi connectivity index (χ1v) is 16.4. The fraction of sp³-hybridized carbons (Fsp3) is 0. The van der Waals surface area contributed by atoms with E-state index in [0.29, 0.717) is 0 Å². The minimum atomic E-state index is 0.914. The molecule has 3 heterocycles. The second-order valence-corrected chi connectivity index (χ2v) is 12.4. The molecule has 0 fully saturated rings. The van der Waals surface area contributed by atoms with Crippen molar-refractivity contribution in [3.8, 4) is 33.9 Å². The molecule has 0 aliphatic rings. The molecule has 0 spiro atoms. The smallest absolute Gasteiger partial charge is 0.138 e. The Balaban J connectivity index is 1.16. The Morgan fingerprint density at radius 3 is 1.83 bits per heavy atom. The molecule has 0 aliphatic heterocycles. The molecule has 48 heavy (non-hydrogen) atoms. The Kier molecular flexibility index (Phi) is 5.87. The minimum Gasteiger partial charge on any atom is -0.309 e. The minimum absolute atomic E-state index is 0.914. The van der Waals surface area contributed by atoms with Gasteiger partial charge >= 0.3 is 0 Å². The summed E-state index contributed by atoms with van der Waals surface area (Å²) in [6.45, 7) is 0. The number of nitrogens with zero attached hydrogens (tertiary/aromatic N) is 3. The summed E-state index contributed by atoms with van der Waals surface area (Å²) in [5.41, 5.74) is 10.3. The van der Waals surface area contributed by atoms with Crippen molar-refractivity contribution < 1.29 is 0 Å². The molecule has 0 unspecified atom stereocenters. The first-order chi connectivity index (χ1) is 23.8. The van der Waals surface area contributed by atoms with Gasteiger partial charge in [-0.3, -0.25) is 4.57 Å². The zero-order chi connectivity index (χ0) is 31.6. The van der Waals surface area contributed by atoms with Crippen LogP contribution in [-0.2, 0) is 0 Å². The molecule has 0 N–H and O–H groups in total. The molecule has 10 rings (SSSR count). The van der Waals surface area contributed by atoms with Gasteiger partial charge in [-0.1, -0.05) is 121 Å². The molecule has 3 heteroatoms. The summed E-state index contributed by atoms with van der Waals surface area (Å²) in [4.78, 5) is 5.14. The lowest BCUT2D eigenvalue weighted by Crippen LogP contribution is -1.98. The number of fused-ring (bicyclic) bond motifs is 7. The van der Waals surface area contributed by atoms with Crippen molar-refractivity contribution in [2.45, 2.75) is 0 Å². The topological polar surface area (TPSA) is 22.8 Å².